The van der Waals surface area contributed by atoms with Crippen molar-refractivity contribution >= 4 is 39.2 Å². The Morgan fingerprint density at radius 1 is 1.09 bits per heavy atom. The molecular weight excluding hydrogens is 614 g/mol. The van der Waals surface area contributed by atoms with Crippen LogP contribution in [0, 0.1) is 11.7 Å². The van der Waals surface area contributed by atoms with Crippen molar-refractivity contribution in [3.63, 3.8) is 0 Å². The van der Waals surface area contributed by atoms with Crippen LogP contribution in [0.2, 0.25) is 5.02 Å². The van der Waals surface area contributed by atoms with Gasteiger partial charge in [-0.05, 0) is 56.2 Å². The summed E-state index contributed by atoms with van der Waals surface area (Å²) in [5.41, 5.74) is 1.82. The number of benzene rings is 1. The van der Waals surface area contributed by atoms with Gasteiger partial charge in [0.05, 0.1) is 28.8 Å². The number of anilines is 1. The van der Waals surface area contributed by atoms with E-state index in [4.69, 9.17) is 30.7 Å². The fourth-order valence-electron chi connectivity index (χ4n) is 8.26. The van der Waals surface area contributed by atoms with Gasteiger partial charge in [0.1, 0.15) is 35.6 Å². The Kier molecular flexibility index (Phi) is 6.67. The maximum absolute atomic E-state index is 17.0. The molecule has 9 heterocycles. The van der Waals surface area contributed by atoms with Crippen molar-refractivity contribution in [2.75, 3.05) is 37.7 Å². The lowest BCUT2D eigenvalue weighted by Gasteiger charge is -2.34. The van der Waals surface area contributed by atoms with Gasteiger partial charge in [0.25, 0.3) is 0 Å². The van der Waals surface area contributed by atoms with E-state index in [9.17, 15) is 4.39 Å². The lowest BCUT2D eigenvalue weighted by atomic mass is 9.93. The predicted molar refractivity (Wildman–Crippen MR) is 168 cm³/mol. The molecule has 1 N–H and O–H groups in total. The number of rotatable bonds is 3. The van der Waals surface area contributed by atoms with E-state index in [-0.39, 0.29) is 29.4 Å². The van der Waals surface area contributed by atoms with Crippen LogP contribution in [0.1, 0.15) is 49.3 Å². The van der Waals surface area contributed by atoms with Gasteiger partial charge >= 0.3 is 6.01 Å². The molecule has 3 atom stereocenters. The molecule has 10 nitrogen and oxygen atoms in total. The molecule has 13 heteroatoms. The molecule has 0 aliphatic carbocycles. The molecular formula is C33H33ClF2N8O2. The highest BCUT2D eigenvalue weighted by Gasteiger charge is 2.49. The standard InChI is InChI=1S/C33H33ClF2N8O2/c34-24-10-25-22(14-39-42-25)27-21(24)4-5-26-37-12-20(46-26)9-18-3-1-7-43(15-18)31-23-13-38-30(27)28(36)29(23)40-32(41-31)45-17-33-6-2-8-44(33)16-19(35)11-33/h10,12-14,18-19H,1-9,11,15-17H2,(H,39,42)/t18-,19+,33-/m0/s1. The summed E-state index contributed by atoms with van der Waals surface area (Å²) in [7, 11) is 0. The first kappa shape index (κ1) is 28.3. The van der Waals surface area contributed by atoms with Gasteiger partial charge in [0.2, 0.25) is 0 Å². The Bertz CT molecular complexity index is 1980. The smallest absolute Gasteiger partial charge is 0.319 e. The molecule has 5 aliphatic heterocycles. The first-order valence-electron chi connectivity index (χ1n) is 16.2. The number of nitrogens with one attached hydrogen (secondary N) is 1. The number of nitrogens with zero attached hydrogens (tertiary/aromatic N) is 7. The van der Waals surface area contributed by atoms with Crippen LogP contribution in [-0.2, 0) is 19.3 Å². The van der Waals surface area contributed by atoms with Crippen LogP contribution in [-0.4, -0.2) is 79.5 Å². The fraction of sp³-hybridized carbons (Fsp3) is 0.485. The molecule has 8 bridgehead atoms. The Balaban J connectivity index is 1.22. The van der Waals surface area contributed by atoms with Gasteiger partial charge in [-0.1, -0.05) is 11.6 Å². The maximum Gasteiger partial charge on any atom is 0.319 e. The third-order valence-electron chi connectivity index (χ3n) is 10.4. The highest BCUT2D eigenvalue weighted by Crippen LogP contribution is 2.42. The average molecular weight is 647 g/mol. The number of hydrogen-bond donors (Lipinski definition) is 1. The molecule has 0 amide bonds. The minimum absolute atomic E-state index is 0.0879. The van der Waals surface area contributed by atoms with Crippen LogP contribution < -0.4 is 9.64 Å². The molecule has 10 rings (SSSR count). The first-order valence-corrected chi connectivity index (χ1v) is 16.5. The summed E-state index contributed by atoms with van der Waals surface area (Å²) in [6, 6.07) is 1.89. The quantitative estimate of drug-likeness (QED) is 0.258. The van der Waals surface area contributed by atoms with E-state index < -0.39 is 12.0 Å². The van der Waals surface area contributed by atoms with Crippen LogP contribution in [0.5, 0.6) is 6.01 Å². The van der Waals surface area contributed by atoms with Crippen molar-refractivity contribution in [3.8, 4) is 17.3 Å². The fourth-order valence-corrected chi connectivity index (χ4v) is 8.56. The number of aromatic amines is 1. The second-order valence-electron chi connectivity index (χ2n) is 13.3. The zero-order valence-electron chi connectivity index (χ0n) is 25.2. The molecule has 5 aromatic rings. The Morgan fingerprint density at radius 2 is 2.02 bits per heavy atom. The Morgan fingerprint density at radius 3 is 2.96 bits per heavy atom. The highest BCUT2D eigenvalue weighted by molar-refractivity contribution is 6.33. The van der Waals surface area contributed by atoms with Crippen molar-refractivity contribution in [1.29, 1.82) is 0 Å². The van der Waals surface area contributed by atoms with E-state index in [1.165, 1.54) is 0 Å². The van der Waals surface area contributed by atoms with Gasteiger partial charge in [0, 0.05) is 61.1 Å². The van der Waals surface area contributed by atoms with E-state index in [1.807, 2.05) is 6.20 Å². The topological polar surface area (TPSA) is 109 Å². The number of oxazole rings is 1. The van der Waals surface area contributed by atoms with E-state index in [0.29, 0.717) is 76.9 Å². The van der Waals surface area contributed by atoms with E-state index in [0.717, 1.165) is 56.5 Å². The average Bonchev–Trinajstić information content (AvgIpc) is 3.83. The number of aryl methyl sites for hydroxylation is 1. The number of pyridine rings is 1. The lowest BCUT2D eigenvalue weighted by molar-refractivity contribution is 0.107. The van der Waals surface area contributed by atoms with E-state index >= 15 is 4.39 Å². The molecule has 46 heavy (non-hydrogen) atoms. The lowest BCUT2D eigenvalue weighted by Crippen LogP contribution is -2.43. The Hall–Kier alpha value is -3.90. The van der Waals surface area contributed by atoms with Crippen molar-refractivity contribution in [1.82, 2.24) is 35.0 Å². The molecule has 0 unspecified atom stereocenters. The molecule has 0 radical (unpaired) electrons. The number of H-pyrrole nitrogens is 1. The third kappa shape index (κ3) is 4.63. The highest BCUT2D eigenvalue weighted by atomic mass is 35.5. The van der Waals surface area contributed by atoms with Gasteiger partial charge in [-0.25, -0.2) is 13.8 Å². The maximum atomic E-state index is 17.0. The molecule has 3 saturated heterocycles. The molecule has 1 aromatic carbocycles. The zero-order chi connectivity index (χ0) is 31.0. The van der Waals surface area contributed by atoms with Crippen molar-refractivity contribution in [2.45, 2.75) is 63.1 Å². The van der Waals surface area contributed by atoms with Crippen molar-refractivity contribution < 1.29 is 17.9 Å². The summed E-state index contributed by atoms with van der Waals surface area (Å²) in [4.78, 5) is 23.2. The monoisotopic (exact) mass is 646 g/mol. The predicted octanol–water partition coefficient (Wildman–Crippen LogP) is 5.86. The number of ether oxygens (including phenoxy) is 1. The number of hydrogen-bond acceptors (Lipinski definition) is 9. The van der Waals surface area contributed by atoms with Gasteiger partial charge < -0.3 is 14.1 Å². The zero-order valence-corrected chi connectivity index (χ0v) is 26.0. The van der Waals surface area contributed by atoms with Crippen molar-refractivity contribution in [3.05, 3.63) is 52.7 Å². The van der Waals surface area contributed by atoms with Crippen LogP contribution in [0.15, 0.2) is 29.1 Å². The summed E-state index contributed by atoms with van der Waals surface area (Å²) >= 11 is 6.86. The SMILES string of the molecule is Fc1c2ncc3c(nc(OC[C@@]45CCCN4C[C@H](F)C5)nc13)N1CCC[C@@H](Cc3cnc(o3)CCc3c(Cl)cc4[nH]ncc4c3-2)C1. The van der Waals surface area contributed by atoms with Gasteiger partial charge in [-0.2, -0.15) is 15.1 Å². The van der Waals surface area contributed by atoms with Crippen molar-refractivity contribution in [2.24, 2.45) is 5.92 Å². The largest absolute Gasteiger partial charge is 0.461 e. The number of aromatic nitrogens is 6. The molecule has 5 aliphatic rings. The molecule has 238 valence electrons. The van der Waals surface area contributed by atoms with Crippen LogP contribution in [0.25, 0.3) is 33.1 Å². The number of alkyl halides is 1. The number of halogens is 3. The second-order valence-corrected chi connectivity index (χ2v) is 13.7. The molecule has 4 aromatic heterocycles. The molecule has 0 spiro atoms. The third-order valence-corrected chi connectivity index (χ3v) is 10.7. The number of piperidine rings is 1. The van der Waals surface area contributed by atoms with E-state index in [1.54, 1.807) is 18.5 Å². The normalized spacial score (nSPS) is 24.7. The number of fused-ring (bicyclic) bond motifs is 4. The van der Waals surface area contributed by atoms with Crippen LogP contribution in [0.3, 0.4) is 0 Å². The van der Waals surface area contributed by atoms with Crippen LogP contribution >= 0.6 is 11.6 Å². The summed E-state index contributed by atoms with van der Waals surface area (Å²) in [5.74, 6) is 1.76. The van der Waals surface area contributed by atoms with Gasteiger partial charge in [-0.15, -0.1) is 0 Å². The summed E-state index contributed by atoms with van der Waals surface area (Å²) in [6.45, 7) is 2.98. The molecule has 0 saturated carbocycles. The summed E-state index contributed by atoms with van der Waals surface area (Å²) < 4.78 is 44.1. The second kappa shape index (κ2) is 10.8. The minimum Gasteiger partial charge on any atom is -0.461 e. The minimum atomic E-state index is -0.882. The van der Waals surface area contributed by atoms with E-state index in [2.05, 4.69) is 30.0 Å². The summed E-state index contributed by atoms with van der Waals surface area (Å²) in [5, 5.41) is 8.87. The first-order chi connectivity index (χ1) is 22.4. The molecule has 3 fully saturated rings. The van der Waals surface area contributed by atoms with Gasteiger partial charge in [-0.3, -0.25) is 15.0 Å². The van der Waals surface area contributed by atoms with Gasteiger partial charge in [0.15, 0.2) is 11.7 Å². The van der Waals surface area contributed by atoms with Crippen LogP contribution in [0.4, 0.5) is 14.6 Å². The Labute approximate surface area is 268 Å². The summed E-state index contributed by atoms with van der Waals surface area (Å²) in [6.07, 6.45) is 10.2.